The van der Waals surface area contributed by atoms with E-state index in [0.29, 0.717) is 5.69 Å². The van der Waals surface area contributed by atoms with Crippen LogP contribution in [0.3, 0.4) is 0 Å². The fraction of sp³-hybridized carbons (Fsp3) is 0.625. The van der Waals surface area contributed by atoms with Crippen LogP contribution in [0, 0.1) is 6.92 Å². The van der Waals surface area contributed by atoms with Crippen LogP contribution in [0.5, 0.6) is 0 Å². The van der Waals surface area contributed by atoms with E-state index in [-0.39, 0.29) is 18.0 Å². The zero-order valence-corrected chi connectivity index (χ0v) is 9.37. The van der Waals surface area contributed by atoms with Crippen molar-refractivity contribution in [1.29, 1.82) is 0 Å². The van der Waals surface area contributed by atoms with Gasteiger partial charge in [0.25, 0.3) is 0 Å². The van der Waals surface area contributed by atoms with Gasteiger partial charge in [-0.25, -0.2) is 8.42 Å². The molecule has 0 bridgehead atoms. The van der Waals surface area contributed by atoms with Crippen molar-refractivity contribution < 1.29 is 13.5 Å². The number of H-pyrrole nitrogens is 1. The van der Waals surface area contributed by atoms with Crippen LogP contribution in [-0.4, -0.2) is 46.7 Å². The summed E-state index contributed by atoms with van der Waals surface area (Å²) >= 11 is 0. The molecule has 15 heavy (non-hydrogen) atoms. The Kier molecular flexibility index (Phi) is 2.14. The molecule has 2 N–H and O–H groups in total. The van der Waals surface area contributed by atoms with Gasteiger partial charge in [-0.2, -0.15) is 9.40 Å². The quantitative estimate of drug-likeness (QED) is 0.716. The van der Waals surface area contributed by atoms with Gasteiger partial charge in [-0.1, -0.05) is 0 Å². The molecule has 1 saturated heterocycles. The summed E-state index contributed by atoms with van der Waals surface area (Å²) in [4.78, 5) is 0.179. The molecule has 1 aromatic heterocycles. The summed E-state index contributed by atoms with van der Waals surface area (Å²) in [6.07, 6.45) is 1.29. The molecule has 0 aliphatic carbocycles. The van der Waals surface area contributed by atoms with Gasteiger partial charge in [0, 0.05) is 13.1 Å². The van der Waals surface area contributed by atoms with Gasteiger partial charge in [-0.05, 0) is 13.8 Å². The largest absolute Gasteiger partial charge is 0.387 e. The SMILES string of the molecule is Cc1[nH]ncc1S(=O)(=O)N1CC(C)(O)C1. The Balaban J connectivity index is 2.27. The van der Waals surface area contributed by atoms with E-state index < -0.39 is 15.6 Å². The number of hydrogen-bond acceptors (Lipinski definition) is 4. The van der Waals surface area contributed by atoms with Gasteiger partial charge < -0.3 is 5.11 Å². The first-order valence-corrected chi connectivity index (χ1v) is 5.99. The van der Waals surface area contributed by atoms with E-state index in [0.717, 1.165) is 0 Å². The highest BCUT2D eigenvalue weighted by atomic mass is 32.2. The molecule has 1 aliphatic heterocycles. The topological polar surface area (TPSA) is 86.3 Å². The molecule has 0 spiro atoms. The van der Waals surface area contributed by atoms with E-state index in [1.54, 1.807) is 13.8 Å². The van der Waals surface area contributed by atoms with Crippen LogP contribution in [0.1, 0.15) is 12.6 Å². The predicted octanol–water partition coefficient (Wildman–Crippen LogP) is -0.527. The van der Waals surface area contributed by atoms with Gasteiger partial charge >= 0.3 is 0 Å². The molecule has 0 atom stereocenters. The molecule has 1 fully saturated rings. The number of nitrogens with one attached hydrogen (secondary N) is 1. The second-order valence-corrected chi connectivity index (χ2v) is 6.04. The van der Waals surface area contributed by atoms with E-state index in [9.17, 15) is 13.5 Å². The number of aromatic nitrogens is 2. The molecular formula is C8H13N3O3S. The normalized spacial score (nSPS) is 21.3. The number of aryl methyl sites for hydroxylation is 1. The second-order valence-electron chi connectivity index (χ2n) is 4.13. The summed E-state index contributed by atoms with van der Waals surface area (Å²) in [5.74, 6) is 0. The molecule has 7 heteroatoms. The summed E-state index contributed by atoms with van der Waals surface area (Å²) < 4.78 is 25.1. The first-order chi connectivity index (χ1) is 6.83. The Hall–Kier alpha value is -0.920. The molecule has 84 valence electrons. The van der Waals surface area contributed by atoms with Gasteiger partial charge in [0.15, 0.2) is 0 Å². The molecule has 0 saturated carbocycles. The lowest BCUT2D eigenvalue weighted by Gasteiger charge is -2.42. The highest BCUT2D eigenvalue weighted by Gasteiger charge is 2.44. The van der Waals surface area contributed by atoms with Crippen molar-refractivity contribution >= 4 is 10.0 Å². The van der Waals surface area contributed by atoms with Crippen LogP contribution >= 0.6 is 0 Å². The molecule has 0 unspecified atom stereocenters. The fourth-order valence-corrected chi connectivity index (χ4v) is 3.42. The zero-order valence-electron chi connectivity index (χ0n) is 8.56. The van der Waals surface area contributed by atoms with Crippen LogP contribution < -0.4 is 0 Å². The van der Waals surface area contributed by atoms with Crippen LogP contribution in [0.4, 0.5) is 0 Å². The lowest BCUT2D eigenvalue weighted by atomic mass is 10.0. The lowest BCUT2D eigenvalue weighted by molar-refractivity contribution is -0.0426. The van der Waals surface area contributed by atoms with Gasteiger partial charge in [0.1, 0.15) is 4.90 Å². The molecule has 2 heterocycles. The summed E-state index contributed by atoms with van der Waals surface area (Å²) in [7, 11) is -3.48. The summed E-state index contributed by atoms with van der Waals surface area (Å²) in [5.41, 5.74) is -0.383. The third-order valence-electron chi connectivity index (χ3n) is 2.44. The van der Waals surface area contributed by atoms with E-state index in [2.05, 4.69) is 10.2 Å². The molecule has 1 aromatic rings. The number of sulfonamides is 1. The lowest BCUT2D eigenvalue weighted by Crippen LogP contribution is -2.61. The minimum absolute atomic E-state index is 0.139. The first kappa shape index (κ1) is 10.6. The van der Waals surface area contributed by atoms with Crippen molar-refractivity contribution in [2.24, 2.45) is 0 Å². The smallest absolute Gasteiger partial charge is 0.246 e. The molecule has 1 aliphatic rings. The Labute approximate surface area is 88.0 Å². The molecule has 2 rings (SSSR count). The Morgan fingerprint density at radius 3 is 2.60 bits per heavy atom. The molecule has 6 nitrogen and oxygen atoms in total. The number of rotatable bonds is 2. The Morgan fingerprint density at radius 1 is 1.60 bits per heavy atom. The van der Waals surface area contributed by atoms with Crippen molar-refractivity contribution in [3.63, 3.8) is 0 Å². The minimum Gasteiger partial charge on any atom is -0.387 e. The summed E-state index contributed by atoms with van der Waals surface area (Å²) in [6.45, 7) is 3.54. The Bertz CT molecular complexity index is 469. The average molecular weight is 231 g/mol. The number of hydrogen-bond donors (Lipinski definition) is 2. The van der Waals surface area contributed by atoms with E-state index in [1.807, 2.05) is 0 Å². The van der Waals surface area contributed by atoms with Gasteiger partial charge in [0.05, 0.1) is 17.5 Å². The number of β-amino-alcohol motifs (C(OH)–C–C–N with tert-alkyl or cyclic N) is 1. The van der Waals surface area contributed by atoms with Crippen molar-refractivity contribution in [2.75, 3.05) is 13.1 Å². The standard InChI is InChI=1S/C8H13N3O3S/c1-6-7(3-9-10-6)15(13,14)11-4-8(2,12)5-11/h3,12H,4-5H2,1-2H3,(H,9,10). The Morgan fingerprint density at radius 2 is 2.20 bits per heavy atom. The van der Waals surface area contributed by atoms with Crippen molar-refractivity contribution in [1.82, 2.24) is 14.5 Å². The molecule has 0 radical (unpaired) electrons. The van der Waals surface area contributed by atoms with Crippen molar-refractivity contribution in [2.45, 2.75) is 24.3 Å². The maximum atomic E-state index is 11.9. The van der Waals surface area contributed by atoms with E-state index in [4.69, 9.17) is 0 Å². The maximum Gasteiger partial charge on any atom is 0.246 e. The van der Waals surface area contributed by atoms with Crippen LogP contribution in [0.2, 0.25) is 0 Å². The van der Waals surface area contributed by atoms with E-state index in [1.165, 1.54) is 10.5 Å². The maximum absolute atomic E-state index is 11.9. The zero-order chi connectivity index (χ0) is 11.3. The van der Waals surface area contributed by atoms with E-state index >= 15 is 0 Å². The number of nitrogens with zero attached hydrogens (tertiary/aromatic N) is 2. The van der Waals surface area contributed by atoms with Crippen molar-refractivity contribution in [3.8, 4) is 0 Å². The molecular weight excluding hydrogens is 218 g/mol. The van der Waals surface area contributed by atoms with Crippen LogP contribution in [0.25, 0.3) is 0 Å². The van der Waals surface area contributed by atoms with Crippen molar-refractivity contribution in [3.05, 3.63) is 11.9 Å². The average Bonchev–Trinajstić information content (AvgIpc) is 2.47. The second kappa shape index (κ2) is 3.03. The van der Waals surface area contributed by atoms with Crippen LogP contribution in [0.15, 0.2) is 11.1 Å². The van der Waals surface area contributed by atoms with Gasteiger partial charge in [-0.15, -0.1) is 0 Å². The fourth-order valence-electron chi connectivity index (χ4n) is 1.62. The molecule has 0 amide bonds. The monoisotopic (exact) mass is 231 g/mol. The third kappa shape index (κ3) is 1.66. The third-order valence-corrected chi connectivity index (χ3v) is 4.34. The highest BCUT2D eigenvalue weighted by molar-refractivity contribution is 7.89. The highest BCUT2D eigenvalue weighted by Crippen LogP contribution is 2.28. The van der Waals surface area contributed by atoms with Gasteiger partial charge in [0.2, 0.25) is 10.0 Å². The first-order valence-electron chi connectivity index (χ1n) is 4.55. The predicted molar refractivity (Wildman–Crippen MR) is 52.7 cm³/mol. The summed E-state index contributed by atoms with van der Waals surface area (Å²) in [5, 5.41) is 15.7. The van der Waals surface area contributed by atoms with Crippen LogP contribution in [-0.2, 0) is 10.0 Å². The molecule has 0 aromatic carbocycles. The minimum atomic E-state index is -3.48. The number of aliphatic hydroxyl groups is 1. The van der Waals surface area contributed by atoms with Gasteiger partial charge in [-0.3, -0.25) is 5.10 Å². The summed E-state index contributed by atoms with van der Waals surface area (Å²) in [6, 6.07) is 0. The number of aromatic amines is 1.